The van der Waals surface area contributed by atoms with Crippen molar-refractivity contribution >= 4 is 17.5 Å². The van der Waals surface area contributed by atoms with Gasteiger partial charge in [0.15, 0.2) is 0 Å². The lowest BCUT2D eigenvalue weighted by Gasteiger charge is -2.14. The Morgan fingerprint density at radius 2 is 2.06 bits per heavy atom. The Hall–Kier alpha value is -1.09. The van der Waals surface area contributed by atoms with Crippen LogP contribution in [-0.4, -0.2) is 35.9 Å². The van der Waals surface area contributed by atoms with E-state index in [0.29, 0.717) is 13.0 Å². The van der Waals surface area contributed by atoms with Crippen LogP contribution in [0.3, 0.4) is 0 Å². The van der Waals surface area contributed by atoms with Gasteiger partial charge in [-0.05, 0) is 12.0 Å². The highest BCUT2D eigenvalue weighted by molar-refractivity contribution is 6.27. The second-order valence-corrected chi connectivity index (χ2v) is 4.67. The Labute approximate surface area is 105 Å². The molecule has 0 radical (unpaired) electrons. The number of benzene rings is 1. The molecule has 2 rings (SSSR count). The summed E-state index contributed by atoms with van der Waals surface area (Å²) < 4.78 is 13.8. The summed E-state index contributed by atoms with van der Waals surface area (Å²) in [6, 6.07) is 9.80. The number of rotatable bonds is 3. The molecule has 1 aliphatic rings. The largest absolute Gasteiger partial charge is 0.338 e. The first kappa shape index (κ1) is 12.4. The van der Waals surface area contributed by atoms with Crippen molar-refractivity contribution in [2.45, 2.75) is 12.6 Å². The smallest absolute Gasteiger partial charge is 0.237 e. The second kappa shape index (κ2) is 5.50. The van der Waals surface area contributed by atoms with Gasteiger partial charge in [-0.2, -0.15) is 0 Å². The summed E-state index contributed by atoms with van der Waals surface area (Å²) in [5.74, 6) is -0.348. The summed E-state index contributed by atoms with van der Waals surface area (Å²) in [5.41, 5.74) is 1.11. The predicted octanol–water partition coefficient (Wildman–Crippen LogP) is 2.26. The van der Waals surface area contributed by atoms with Gasteiger partial charge >= 0.3 is 0 Å². The highest BCUT2D eigenvalue weighted by atomic mass is 35.5. The van der Waals surface area contributed by atoms with Crippen LogP contribution >= 0.6 is 11.6 Å². The normalized spacial score (nSPS) is 24.0. The maximum atomic E-state index is 13.8. The third-order valence-electron chi connectivity index (χ3n) is 3.17. The predicted molar refractivity (Wildman–Crippen MR) is 65.8 cm³/mol. The fraction of sp³-hybridized carbons (Fsp3) is 0.462. The molecule has 2 atom stereocenters. The summed E-state index contributed by atoms with van der Waals surface area (Å²) >= 11 is 5.47. The molecule has 1 fully saturated rings. The lowest BCUT2D eigenvalue weighted by atomic mass is 9.97. The molecule has 1 aromatic carbocycles. The van der Waals surface area contributed by atoms with Gasteiger partial charge in [-0.3, -0.25) is 4.79 Å². The van der Waals surface area contributed by atoms with Gasteiger partial charge in [0, 0.05) is 12.5 Å². The number of halogens is 2. The lowest BCUT2D eigenvalue weighted by Crippen LogP contribution is -2.30. The Morgan fingerprint density at radius 3 is 2.71 bits per heavy atom. The topological polar surface area (TPSA) is 20.3 Å². The zero-order valence-electron chi connectivity index (χ0n) is 9.48. The fourth-order valence-corrected chi connectivity index (χ4v) is 2.40. The molecular formula is C13H15ClFNO. The molecule has 1 aromatic rings. The SMILES string of the molecule is O=C(CCl)N1C[C@H](Cc2ccccc2)[C@H](F)C1. The molecule has 0 saturated carbocycles. The van der Waals surface area contributed by atoms with E-state index in [2.05, 4.69) is 0 Å². The molecule has 0 bridgehead atoms. The van der Waals surface area contributed by atoms with Gasteiger partial charge in [-0.15, -0.1) is 11.6 Å². The Morgan fingerprint density at radius 1 is 1.35 bits per heavy atom. The van der Waals surface area contributed by atoms with Gasteiger partial charge in [0.2, 0.25) is 5.91 Å². The summed E-state index contributed by atoms with van der Waals surface area (Å²) in [4.78, 5) is 12.9. The van der Waals surface area contributed by atoms with Crippen molar-refractivity contribution in [3.05, 3.63) is 35.9 Å². The van der Waals surface area contributed by atoms with Crippen LogP contribution in [-0.2, 0) is 11.2 Å². The molecule has 2 nitrogen and oxygen atoms in total. The Kier molecular flexibility index (Phi) is 4.00. The summed E-state index contributed by atoms with van der Waals surface area (Å²) in [6.45, 7) is 0.657. The van der Waals surface area contributed by atoms with Crippen LogP contribution in [0.1, 0.15) is 5.56 Å². The molecule has 17 heavy (non-hydrogen) atoms. The molecule has 1 heterocycles. The monoisotopic (exact) mass is 255 g/mol. The third kappa shape index (κ3) is 2.97. The van der Waals surface area contributed by atoms with Crippen LogP contribution in [0.2, 0.25) is 0 Å². The molecule has 92 valence electrons. The maximum absolute atomic E-state index is 13.8. The minimum atomic E-state index is -0.942. The minimum Gasteiger partial charge on any atom is -0.338 e. The number of likely N-dealkylation sites (tertiary alicyclic amines) is 1. The van der Waals surface area contributed by atoms with Gasteiger partial charge in [0.1, 0.15) is 12.1 Å². The summed E-state index contributed by atoms with van der Waals surface area (Å²) in [5, 5.41) is 0. The number of carbonyl (C=O) groups excluding carboxylic acids is 1. The summed E-state index contributed by atoms with van der Waals surface area (Å²) in [7, 11) is 0. The molecular weight excluding hydrogens is 241 g/mol. The molecule has 0 aromatic heterocycles. The molecule has 1 amide bonds. The number of amides is 1. The quantitative estimate of drug-likeness (QED) is 0.759. The minimum absolute atomic E-state index is 0.0647. The van der Waals surface area contributed by atoms with Crippen molar-refractivity contribution in [1.82, 2.24) is 4.90 Å². The zero-order chi connectivity index (χ0) is 12.3. The molecule has 1 saturated heterocycles. The van der Waals surface area contributed by atoms with Crippen LogP contribution in [0.15, 0.2) is 30.3 Å². The Bertz CT molecular complexity index is 384. The molecule has 0 spiro atoms. The van der Waals surface area contributed by atoms with Gasteiger partial charge in [-0.25, -0.2) is 4.39 Å². The van der Waals surface area contributed by atoms with Crippen molar-refractivity contribution in [1.29, 1.82) is 0 Å². The van der Waals surface area contributed by atoms with Gasteiger partial charge in [0.25, 0.3) is 0 Å². The fourth-order valence-electron chi connectivity index (χ4n) is 2.23. The van der Waals surface area contributed by atoms with E-state index in [-0.39, 0.29) is 24.2 Å². The number of carbonyl (C=O) groups is 1. The van der Waals surface area contributed by atoms with Gasteiger partial charge in [-0.1, -0.05) is 30.3 Å². The number of nitrogens with zero attached hydrogens (tertiary/aromatic N) is 1. The molecule has 1 aliphatic heterocycles. The lowest BCUT2D eigenvalue weighted by molar-refractivity contribution is -0.127. The van der Waals surface area contributed by atoms with Crippen molar-refractivity contribution in [3.63, 3.8) is 0 Å². The highest BCUT2D eigenvalue weighted by Gasteiger charge is 2.34. The van der Waals surface area contributed by atoms with Crippen LogP contribution in [0.4, 0.5) is 4.39 Å². The van der Waals surface area contributed by atoms with Crippen molar-refractivity contribution in [2.24, 2.45) is 5.92 Å². The van der Waals surface area contributed by atoms with E-state index in [9.17, 15) is 9.18 Å². The van der Waals surface area contributed by atoms with E-state index in [1.807, 2.05) is 30.3 Å². The Balaban J connectivity index is 1.97. The number of hydrogen-bond acceptors (Lipinski definition) is 1. The zero-order valence-corrected chi connectivity index (χ0v) is 10.2. The van der Waals surface area contributed by atoms with Crippen LogP contribution in [0.5, 0.6) is 0 Å². The van der Waals surface area contributed by atoms with Gasteiger partial charge in [0.05, 0.1) is 6.54 Å². The average molecular weight is 256 g/mol. The third-order valence-corrected chi connectivity index (χ3v) is 3.40. The average Bonchev–Trinajstić information content (AvgIpc) is 2.71. The first-order chi connectivity index (χ1) is 8.20. The van der Waals surface area contributed by atoms with Crippen LogP contribution < -0.4 is 0 Å². The second-order valence-electron chi connectivity index (χ2n) is 4.40. The molecule has 0 aliphatic carbocycles. The standard InChI is InChI=1S/C13H15ClFNO/c14-7-13(17)16-8-11(12(15)9-16)6-10-4-2-1-3-5-10/h1-5,11-12H,6-9H2/t11-,12+/m0/s1. The van der Waals surface area contributed by atoms with Crippen molar-refractivity contribution < 1.29 is 9.18 Å². The number of alkyl halides is 2. The van der Waals surface area contributed by atoms with E-state index >= 15 is 0 Å². The molecule has 4 heteroatoms. The van der Waals surface area contributed by atoms with E-state index in [1.54, 1.807) is 0 Å². The van der Waals surface area contributed by atoms with Crippen molar-refractivity contribution in [2.75, 3.05) is 19.0 Å². The van der Waals surface area contributed by atoms with Crippen molar-refractivity contribution in [3.8, 4) is 0 Å². The molecule has 0 N–H and O–H groups in total. The first-order valence-electron chi connectivity index (χ1n) is 5.72. The van der Waals surface area contributed by atoms with E-state index < -0.39 is 6.17 Å². The highest BCUT2D eigenvalue weighted by Crippen LogP contribution is 2.24. The maximum Gasteiger partial charge on any atom is 0.237 e. The molecule has 0 unspecified atom stereocenters. The first-order valence-corrected chi connectivity index (χ1v) is 6.26. The van der Waals surface area contributed by atoms with Crippen LogP contribution in [0, 0.1) is 5.92 Å². The number of hydrogen-bond donors (Lipinski definition) is 0. The van der Waals surface area contributed by atoms with E-state index in [1.165, 1.54) is 4.90 Å². The van der Waals surface area contributed by atoms with E-state index in [4.69, 9.17) is 11.6 Å². The van der Waals surface area contributed by atoms with E-state index in [0.717, 1.165) is 5.56 Å². The van der Waals surface area contributed by atoms with Gasteiger partial charge < -0.3 is 4.90 Å². The summed E-state index contributed by atoms with van der Waals surface area (Å²) in [6.07, 6.45) is -0.268. The van der Waals surface area contributed by atoms with Crippen LogP contribution in [0.25, 0.3) is 0 Å².